The Bertz CT molecular complexity index is 96.7. The number of thioether (sulfide) groups is 1. The minimum Gasteiger partial charge on any atom is -0.114 e. The summed E-state index contributed by atoms with van der Waals surface area (Å²) in [4.78, 5) is 0. The first-order chi connectivity index (χ1) is 3.81. The number of rotatable bonds is 3. The summed E-state index contributed by atoms with van der Waals surface area (Å²) in [6, 6.07) is 0. The molecule has 0 aromatic carbocycles. The summed E-state index contributed by atoms with van der Waals surface area (Å²) in [5.41, 5.74) is 0. The topological polar surface area (TPSA) is 0 Å². The zero-order chi connectivity index (χ0) is 6.41. The third-order valence-electron chi connectivity index (χ3n) is 0.531. The molecule has 0 aliphatic carbocycles. The van der Waals surface area contributed by atoms with Crippen LogP contribution >= 0.6 is 23.4 Å². The highest BCUT2D eigenvalue weighted by Gasteiger charge is 1.84. The molecule has 0 nitrogen and oxygen atoms in total. The molecule has 2 heteroatoms. The fraction of sp³-hybridized carbons (Fsp3) is 0.333. The SMILES string of the molecule is C=C/C=C(/Cl)SCC. The largest absolute Gasteiger partial charge is 0.114 e. The summed E-state index contributed by atoms with van der Waals surface area (Å²) in [7, 11) is 0. The highest BCUT2D eigenvalue weighted by molar-refractivity contribution is 8.04. The average molecular weight is 149 g/mol. The van der Waals surface area contributed by atoms with Gasteiger partial charge >= 0.3 is 0 Å². The van der Waals surface area contributed by atoms with Gasteiger partial charge in [0.05, 0.1) is 4.36 Å². The van der Waals surface area contributed by atoms with Crippen LogP contribution in [0.25, 0.3) is 0 Å². The third-order valence-corrected chi connectivity index (χ3v) is 1.68. The zero-order valence-electron chi connectivity index (χ0n) is 4.86. The molecule has 0 aliphatic rings. The van der Waals surface area contributed by atoms with E-state index in [1.807, 2.05) is 0 Å². The first-order valence-electron chi connectivity index (χ1n) is 2.42. The fourth-order valence-corrected chi connectivity index (χ4v) is 1.16. The Morgan fingerprint density at radius 2 is 2.50 bits per heavy atom. The molecule has 0 heterocycles. The first-order valence-corrected chi connectivity index (χ1v) is 3.78. The van der Waals surface area contributed by atoms with Crippen molar-refractivity contribution in [2.45, 2.75) is 6.92 Å². The van der Waals surface area contributed by atoms with Crippen LogP contribution in [0.15, 0.2) is 23.1 Å². The van der Waals surface area contributed by atoms with Gasteiger partial charge in [-0.15, -0.1) is 11.8 Å². The molecule has 0 aromatic heterocycles. The van der Waals surface area contributed by atoms with Gasteiger partial charge in [-0.2, -0.15) is 0 Å². The molecule has 0 spiro atoms. The fourth-order valence-electron chi connectivity index (χ4n) is 0.279. The standard InChI is InChI=1S/C6H9ClS/c1-3-5-6(7)8-4-2/h3,5H,1,4H2,2H3/b6-5-. The Kier molecular flexibility index (Phi) is 5.34. The summed E-state index contributed by atoms with van der Waals surface area (Å²) in [6.07, 6.45) is 3.47. The molecule has 0 bridgehead atoms. The van der Waals surface area contributed by atoms with Crippen molar-refractivity contribution in [3.05, 3.63) is 23.1 Å². The average Bonchev–Trinajstić information content (AvgIpc) is 1.68. The van der Waals surface area contributed by atoms with Crippen molar-refractivity contribution < 1.29 is 0 Å². The van der Waals surface area contributed by atoms with Crippen LogP contribution in [0.1, 0.15) is 6.92 Å². The molecule has 8 heavy (non-hydrogen) atoms. The maximum atomic E-state index is 5.63. The second-order valence-corrected chi connectivity index (χ2v) is 3.08. The number of halogens is 1. The Labute approximate surface area is 59.6 Å². The van der Waals surface area contributed by atoms with E-state index in [2.05, 4.69) is 13.5 Å². The molecular weight excluding hydrogens is 140 g/mol. The predicted octanol–water partition coefficient (Wildman–Crippen LogP) is 3.01. The van der Waals surface area contributed by atoms with Crippen molar-refractivity contribution in [1.29, 1.82) is 0 Å². The van der Waals surface area contributed by atoms with Crippen molar-refractivity contribution in [3.8, 4) is 0 Å². The Hall–Kier alpha value is 0.120. The van der Waals surface area contributed by atoms with Crippen LogP contribution in [0.5, 0.6) is 0 Å². The molecule has 0 saturated heterocycles. The van der Waals surface area contributed by atoms with E-state index in [-0.39, 0.29) is 0 Å². The van der Waals surface area contributed by atoms with E-state index in [9.17, 15) is 0 Å². The quantitative estimate of drug-likeness (QED) is 0.555. The van der Waals surface area contributed by atoms with E-state index in [0.29, 0.717) is 0 Å². The second-order valence-electron chi connectivity index (χ2n) is 1.14. The van der Waals surface area contributed by atoms with Crippen LogP contribution in [0.3, 0.4) is 0 Å². The van der Waals surface area contributed by atoms with Crippen LogP contribution in [-0.2, 0) is 0 Å². The summed E-state index contributed by atoms with van der Waals surface area (Å²) in [6.45, 7) is 5.57. The summed E-state index contributed by atoms with van der Waals surface area (Å²) < 4.78 is 0.808. The van der Waals surface area contributed by atoms with Gasteiger partial charge in [-0.3, -0.25) is 0 Å². The lowest BCUT2D eigenvalue weighted by molar-refractivity contribution is 1.53. The van der Waals surface area contributed by atoms with E-state index < -0.39 is 0 Å². The van der Waals surface area contributed by atoms with Crippen LogP contribution in [0.4, 0.5) is 0 Å². The van der Waals surface area contributed by atoms with Crippen LogP contribution in [0, 0.1) is 0 Å². The van der Waals surface area contributed by atoms with Gasteiger partial charge in [0.1, 0.15) is 0 Å². The Morgan fingerprint density at radius 3 is 2.88 bits per heavy atom. The third kappa shape index (κ3) is 4.28. The lowest BCUT2D eigenvalue weighted by atomic mass is 10.6. The van der Waals surface area contributed by atoms with Gasteiger partial charge < -0.3 is 0 Å². The smallest absolute Gasteiger partial charge is 0.0734 e. The summed E-state index contributed by atoms with van der Waals surface area (Å²) >= 11 is 7.25. The molecule has 0 aliphatic heterocycles. The van der Waals surface area contributed by atoms with Gasteiger partial charge in [-0.05, 0) is 11.8 Å². The highest BCUT2D eigenvalue weighted by Crippen LogP contribution is 2.18. The van der Waals surface area contributed by atoms with Gasteiger partial charge in [0.2, 0.25) is 0 Å². The Balaban J connectivity index is 3.44. The monoisotopic (exact) mass is 148 g/mol. The molecule has 0 saturated carbocycles. The minimum atomic E-state index is 0.808. The van der Waals surface area contributed by atoms with Crippen molar-refractivity contribution in [3.63, 3.8) is 0 Å². The van der Waals surface area contributed by atoms with Gasteiger partial charge in [-0.1, -0.05) is 31.2 Å². The summed E-state index contributed by atoms with van der Waals surface area (Å²) in [5, 5.41) is 0. The molecule has 0 fully saturated rings. The molecule has 0 radical (unpaired) electrons. The van der Waals surface area contributed by atoms with Crippen LogP contribution in [0.2, 0.25) is 0 Å². The van der Waals surface area contributed by atoms with Crippen molar-refractivity contribution in [2.75, 3.05) is 5.75 Å². The maximum Gasteiger partial charge on any atom is 0.0734 e. The molecule has 0 amide bonds. The highest BCUT2D eigenvalue weighted by atomic mass is 35.5. The van der Waals surface area contributed by atoms with E-state index in [1.165, 1.54) is 0 Å². The van der Waals surface area contributed by atoms with E-state index in [4.69, 9.17) is 11.6 Å². The number of hydrogen-bond donors (Lipinski definition) is 0. The normalized spacial score (nSPS) is 11.5. The van der Waals surface area contributed by atoms with Gasteiger partial charge in [0.15, 0.2) is 0 Å². The molecule has 0 unspecified atom stereocenters. The molecule has 0 aromatic rings. The predicted molar refractivity (Wildman–Crippen MR) is 42.3 cm³/mol. The van der Waals surface area contributed by atoms with Gasteiger partial charge in [0.25, 0.3) is 0 Å². The van der Waals surface area contributed by atoms with Crippen molar-refractivity contribution in [2.24, 2.45) is 0 Å². The lowest BCUT2D eigenvalue weighted by Gasteiger charge is -1.88. The Morgan fingerprint density at radius 1 is 1.88 bits per heavy atom. The van der Waals surface area contributed by atoms with Crippen molar-refractivity contribution in [1.82, 2.24) is 0 Å². The van der Waals surface area contributed by atoms with Gasteiger partial charge in [0, 0.05) is 0 Å². The van der Waals surface area contributed by atoms with E-state index in [0.717, 1.165) is 10.1 Å². The molecule has 0 rings (SSSR count). The first kappa shape index (κ1) is 8.12. The van der Waals surface area contributed by atoms with E-state index >= 15 is 0 Å². The second kappa shape index (κ2) is 5.26. The van der Waals surface area contributed by atoms with E-state index in [1.54, 1.807) is 23.9 Å². The number of allylic oxidation sites excluding steroid dienone is 2. The lowest BCUT2D eigenvalue weighted by Crippen LogP contribution is -1.63. The van der Waals surface area contributed by atoms with Crippen LogP contribution in [-0.4, -0.2) is 5.75 Å². The number of hydrogen-bond acceptors (Lipinski definition) is 1. The van der Waals surface area contributed by atoms with Crippen LogP contribution < -0.4 is 0 Å². The van der Waals surface area contributed by atoms with Crippen molar-refractivity contribution >= 4 is 23.4 Å². The zero-order valence-corrected chi connectivity index (χ0v) is 6.43. The molecule has 46 valence electrons. The molecule has 0 N–H and O–H groups in total. The molecule has 0 atom stereocenters. The van der Waals surface area contributed by atoms with Gasteiger partial charge in [-0.25, -0.2) is 0 Å². The maximum absolute atomic E-state index is 5.63. The summed E-state index contributed by atoms with van der Waals surface area (Å²) in [5.74, 6) is 1.02. The molecular formula is C6H9ClS. The minimum absolute atomic E-state index is 0.808.